The minimum Gasteiger partial charge on any atom is -0.360 e. The molecule has 19 heavy (non-hydrogen) atoms. The van der Waals surface area contributed by atoms with Crippen LogP contribution < -0.4 is 5.32 Å². The van der Waals surface area contributed by atoms with Crippen molar-refractivity contribution in [1.82, 2.24) is 15.2 Å². The number of aromatic nitrogens is 3. The van der Waals surface area contributed by atoms with Crippen molar-refractivity contribution in [3.05, 3.63) is 11.2 Å². The highest BCUT2D eigenvalue weighted by Gasteiger charge is 2.23. The van der Waals surface area contributed by atoms with Gasteiger partial charge in [0, 0.05) is 12.0 Å². The molecule has 0 saturated carbocycles. The van der Waals surface area contributed by atoms with E-state index in [1.165, 1.54) is 0 Å². The van der Waals surface area contributed by atoms with Crippen LogP contribution in [-0.4, -0.2) is 21.7 Å². The van der Waals surface area contributed by atoms with Crippen molar-refractivity contribution in [3.8, 4) is 9.88 Å². The molecule has 2 rings (SSSR count). The number of nitrogens with zero attached hydrogens (tertiary/aromatic N) is 3. The minimum absolute atomic E-state index is 0.0343. The van der Waals surface area contributed by atoms with Crippen LogP contribution in [0.5, 0.6) is 0 Å². The molecule has 0 amide bonds. The van der Waals surface area contributed by atoms with Crippen molar-refractivity contribution in [2.45, 2.75) is 40.0 Å². The monoisotopic (exact) mass is 296 g/mol. The highest BCUT2D eigenvalue weighted by Crippen LogP contribution is 2.37. The van der Waals surface area contributed by atoms with E-state index in [1.807, 2.05) is 5.51 Å². The lowest BCUT2D eigenvalue weighted by Gasteiger charge is -2.16. The van der Waals surface area contributed by atoms with Crippen LogP contribution in [0.4, 0.5) is 5.13 Å². The van der Waals surface area contributed by atoms with E-state index in [0.29, 0.717) is 5.92 Å². The maximum absolute atomic E-state index is 4.48. The van der Waals surface area contributed by atoms with Crippen LogP contribution >= 0.6 is 22.7 Å². The van der Waals surface area contributed by atoms with Crippen molar-refractivity contribution in [1.29, 1.82) is 0 Å². The molecule has 0 aliphatic rings. The molecule has 0 fully saturated rings. The number of hydrogen-bond donors (Lipinski definition) is 1. The summed E-state index contributed by atoms with van der Waals surface area (Å²) in [5.41, 5.74) is 3.02. The van der Waals surface area contributed by atoms with E-state index in [1.54, 1.807) is 22.7 Å². The third-order valence-corrected chi connectivity index (χ3v) is 4.42. The zero-order valence-corrected chi connectivity index (χ0v) is 13.7. The lowest BCUT2D eigenvalue weighted by atomic mass is 9.91. The Morgan fingerprint density at radius 2 is 2.00 bits per heavy atom. The summed E-state index contributed by atoms with van der Waals surface area (Å²) in [7, 11) is 0. The van der Waals surface area contributed by atoms with Crippen LogP contribution in [0.25, 0.3) is 9.88 Å². The smallest absolute Gasteiger partial charge is 0.206 e. The van der Waals surface area contributed by atoms with Crippen molar-refractivity contribution in [2.24, 2.45) is 5.92 Å². The molecule has 0 bridgehead atoms. The second kappa shape index (κ2) is 5.54. The van der Waals surface area contributed by atoms with Gasteiger partial charge in [-0.2, -0.15) is 0 Å². The fraction of sp³-hybridized carbons (Fsp3) is 0.615. The van der Waals surface area contributed by atoms with Gasteiger partial charge in [-0.05, 0) is 5.92 Å². The van der Waals surface area contributed by atoms with Crippen LogP contribution in [0.1, 0.15) is 40.3 Å². The number of hydrogen-bond acceptors (Lipinski definition) is 6. The van der Waals surface area contributed by atoms with Crippen molar-refractivity contribution in [3.63, 3.8) is 0 Å². The number of thiazole rings is 1. The summed E-state index contributed by atoms with van der Waals surface area (Å²) in [6.45, 7) is 11.8. The lowest BCUT2D eigenvalue weighted by Crippen LogP contribution is -2.12. The van der Waals surface area contributed by atoms with Gasteiger partial charge < -0.3 is 5.32 Å². The lowest BCUT2D eigenvalue weighted by molar-refractivity contribution is 0.574. The van der Waals surface area contributed by atoms with Gasteiger partial charge in [0.25, 0.3) is 0 Å². The van der Waals surface area contributed by atoms with Crippen molar-refractivity contribution in [2.75, 3.05) is 11.9 Å². The second-order valence-electron chi connectivity index (χ2n) is 5.97. The third-order valence-electron chi connectivity index (χ3n) is 2.56. The van der Waals surface area contributed by atoms with Gasteiger partial charge in [-0.3, -0.25) is 0 Å². The van der Waals surface area contributed by atoms with E-state index in [9.17, 15) is 0 Å². The maximum atomic E-state index is 4.48. The van der Waals surface area contributed by atoms with Gasteiger partial charge >= 0.3 is 0 Å². The molecule has 1 N–H and O–H groups in total. The summed E-state index contributed by atoms with van der Waals surface area (Å²) in [6, 6.07) is 0. The van der Waals surface area contributed by atoms with E-state index < -0.39 is 0 Å². The first-order valence-corrected chi connectivity index (χ1v) is 8.09. The molecule has 0 atom stereocenters. The van der Waals surface area contributed by atoms with Gasteiger partial charge in [0.15, 0.2) is 5.01 Å². The predicted octanol–water partition coefficient (Wildman–Crippen LogP) is 4.03. The van der Waals surface area contributed by atoms with Crippen molar-refractivity contribution >= 4 is 27.8 Å². The maximum Gasteiger partial charge on any atom is 0.206 e. The van der Waals surface area contributed by atoms with Gasteiger partial charge in [0.2, 0.25) is 5.13 Å². The van der Waals surface area contributed by atoms with Gasteiger partial charge in [-0.25, -0.2) is 4.98 Å². The van der Waals surface area contributed by atoms with Gasteiger partial charge in [0.1, 0.15) is 0 Å². The van der Waals surface area contributed by atoms with Gasteiger partial charge in [-0.15, -0.1) is 21.5 Å². The van der Waals surface area contributed by atoms with Crippen LogP contribution in [-0.2, 0) is 5.41 Å². The molecule has 0 radical (unpaired) electrons. The normalized spacial score (nSPS) is 12.1. The molecule has 0 saturated heterocycles. The topological polar surface area (TPSA) is 50.7 Å². The Bertz CT molecular complexity index is 537. The van der Waals surface area contributed by atoms with E-state index in [-0.39, 0.29) is 5.41 Å². The molecule has 2 aromatic rings. The molecule has 0 aromatic carbocycles. The SMILES string of the molecule is CC(C)CNc1nnc(-c2scnc2C(C)(C)C)s1. The van der Waals surface area contributed by atoms with Crippen LogP contribution in [0.3, 0.4) is 0 Å². The average molecular weight is 296 g/mol. The molecular weight excluding hydrogens is 276 g/mol. The number of nitrogens with one attached hydrogen (secondary N) is 1. The Hall–Kier alpha value is -1.01. The molecule has 104 valence electrons. The Morgan fingerprint density at radius 1 is 1.26 bits per heavy atom. The highest BCUT2D eigenvalue weighted by atomic mass is 32.1. The summed E-state index contributed by atoms with van der Waals surface area (Å²) < 4.78 is 0. The molecule has 0 unspecified atom stereocenters. The highest BCUT2D eigenvalue weighted by molar-refractivity contribution is 7.22. The van der Waals surface area contributed by atoms with E-state index >= 15 is 0 Å². The fourth-order valence-electron chi connectivity index (χ4n) is 1.61. The largest absolute Gasteiger partial charge is 0.360 e. The van der Waals surface area contributed by atoms with Gasteiger partial charge in [0.05, 0.1) is 16.1 Å². The molecule has 0 spiro atoms. The quantitative estimate of drug-likeness (QED) is 0.925. The number of anilines is 1. The summed E-state index contributed by atoms with van der Waals surface area (Å²) >= 11 is 3.24. The Balaban J connectivity index is 2.21. The molecular formula is C13H20N4S2. The second-order valence-corrected chi connectivity index (χ2v) is 7.80. The molecule has 6 heteroatoms. The fourth-order valence-corrected chi connectivity index (χ4v) is 3.45. The minimum atomic E-state index is 0.0343. The van der Waals surface area contributed by atoms with Crippen LogP contribution in [0, 0.1) is 5.92 Å². The first kappa shape index (κ1) is 14.4. The standard InChI is InChI=1S/C13H20N4S2/c1-8(2)6-14-12-17-16-11(19-12)9-10(13(3,4)5)15-7-18-9/h7-8H,6H2,1-5H3,(H,14,17). The number of rotatable bonds is 4. The molecule has 0 aliphatic heterocycles. The van der Waals surface area contributed by atoms with Crippen LogP contribution in [0.15, 0.2) is 5.51 Å². The molecule has 4 nitrogen and oxygen atoms in total. The van der Waals surface area contributed by atoms with Gasteiger partial charge in [-0.1, -0.05) is 46.0 Å². The Labute approximate surface area is 122 Å². The zero-order valence-electron chi connectivity index (χ0n) is 12.0. The summed E-state index contributed by atoms with van der Waals surface area (Å²) in [5, 5.41) is 13.6. The van der Waals surface area contributed by atoms with Crippen LogP contribution in [0.2, 0.25) is 0 Å². The molecule has 2 heterocycles. The molecule has 2 aromatic heterocycles. The predicted molar refractivity (Wildman–Crippen MR) is 83.0 cm³/mol. The average Bonchev–Trinajstić information content (AvgIpc) is 2.93. The Morgan fingerprint density at radius 3 is 2.63 bits per heavy atom. The first-order valence-electron chi connectivity index (χ1n) is 6.39. The third kappa shape index (κ3) is 3.51. The van der Waals surface area contributed by atoms with Crippen molar-refractivity contribution < 1.29 is 0 Å². The zero-order chi connectivity index (χ0) is 14.0. The summed E-state index contributed by atoms with van der Waals surface area (Å²) in [5.74, 6) is 0.598. The van der Waals surface area contributed by atoms with E-state index in [0.717, 1.165) is 27.3 Å². The van der Waals surface area contributed by atoms with E-state index in [4.69, 9.17) is 0 Å². The first-order chi connectivity index (χ1) is 8.88. The summed E-state index contributed by atoms with van der Waals surface area (Å²) in [6.07, 6.45) is 0. The van der Waals surface area contributed by atoms with E-state index in [2.05, 4.69) is 55.1 Å². The molecule has 0 aliphatic carbocycles. The Kier molecular flexibility index (Phi) is 4.20. The summed E-state index contributed by atoms with van der Waals surface area (Å²) in [4.78, 5) is 5.63.